The molecule has 1 aliphatic rings. The van der Waals surface area contributed by atoms with Crippen molar-refractivity contribution in [2.45, 2.75) is 25.7 Å². The van der Waals surface area contributed by atoms with E-state index in [2.05, 4.69) is 37.4 Å². The minimum Gasteiger partial charge on any atom is -0.337 e. The van der Waals surface area contributed by atoms with Gasteiger partial charge in [-0.2, -0.15) is 11.8 Å². The fourth-order valence-corrected chi connectivity index (χ4v) is 4.91. The van der Waals surface area contributed by atoms with Crippen molar-refractivity contribution in [1.29, 1.82) is 0 Å². The van der Waals surface area contributed by atoms with Gasteiger partial charge in [-0.25, -0.2) is 0 Å². The van der Waals surface area contributed by atoms with Crippen LogP contribution in [0.1, 0.15) is 27.0 Å². The van der Waals surface area contributed by atoms with Crippen LogP contribution in [-0.4, -0.2) is 47.1 Å². The molecule has 148 valence electrons. The third kappa shape index (κ3) is 5.32. The number of carbonyl (C=O) groups excluding carboxylic acids is 2. The fourth-order valence-electron chi connectivity index (χ4n) is 3.08. The molecular weight excluding hydrogens is 388 g/mol. The molecule has 2 aromatic carbocycles. The van der Waals surface area contributed by atoms with E-state index in [1.54, 1.807) is 11.8 Å². The molecule has 2 aromatic rings. The molecule has 1 saturated heterocycles. The molecule has 1 aliphatic heterocycles. The second kappa shape index (κ2) is 9.52. The summed E-state index contributed by atoms with van der Waals surface area (Å²) < 4.78 is 0. The first-order valence-corrected chi connectivity index (χ1v) is 11.6. The molecule has 3 rings (SSSR count). The van der Waals surface area contributed by atoms with Crippen LogP contribution in [0.15, 0.2) is 41.3 Å². The maximum atomic E-state index is 12.6. The van der Waals surface area contributed by atoms with Gasteiger partial charge in [0.25, 0.3) is 5.91 Å². The van der Waals surface area contributed by atoms with Gasteiger partial charge in [-0.05, 0) is 56.2 Å². The van der Waals surface area contributed by atoms with Crippen molar-refractivity contribution in [3.63, 3.8) is 0 Å². The highest BCUT2D eigenvalue weighted by molar-refractivity contribution is 8.00. The summed E-state index contributed by atoms with van der Waals surface area (Å²) in [6.07, 6.45) is 0. The Morgan fingerprint density at radius 3 is 2.50 bits per heavy atom. The fraction of sp³-hybridized carbons (Fsp3) is 0.364. The van der Waals surface area contributed by atoms with Crippen LogP contribution in [0.25, 0.3) is 0 Å². The number of hydrogen-bond acceptors (Lipinski definition) is 4. The van der Waals surface area contributed by atoms with E-state index in [9.17, 15) is 9.59 Å². The molecule has 1 fully saturated rings. The first kappa shape index (κ1) is 20.8. The zero-order valence-corrected chi connectivity index (χ0v) is 18.2. The predicted octanol–water partition coefficient (Wildman–Crippen LogP) is 4.53. The molecule has 0 saturated carbocycles. The van der Waals surface area contributed by atoms with E-state index in [1.165, 1.54) is 11.1 Å². The highest BCUT2D eigenvalue weighted by Gasteiger charge is 2.19. The second-order valence-electron chi connectivity index (χ2n) is 7.04. The number of benzene rings is 2. The molecule has 1 N–H and O–H groups in total. The normalized spacial score (nSPS) is 14.0. The SMILES string of the molecule is Cc1ccc(C)c(SCC(=O)Nc2ccc(C(=O)N3CCSCC3)cc2C)c1. The summed E-state index contributed by atoms with van der Waals surface area (Å²) in [5, 5.41) is 2.97. The molecule has 2 amide bonds. The smallest absolute Gasteiger partial charge is 0.253 e. The van der Waals surface area contributed by atoms with E-state index >= 15 is 0 Å². The topological polar surface area (TPSA) is 49.4 Å². The molecule has 1 heterocycles. The zero-order valence-electron chi connectivity index (χ0n) is 16.6. The Hall–Kier alpha value is -1.92. The first-order valence-electron chi connectivity index (χ1n) is 9.41. The van der Waals surface area contributed by atoms with Gasteiger partial charge in [0.05, 0.1) is 5.75 Å². The minimum absolute atomic E-state index is 0.0406. The van der Waals surface area contributed by atoms with Crippen LogP contribution in [0.4, 0.5) is 5.69 Å². The largest absolute Gasteiger partial charge is 0.337 e. The summed E-state index contributed by atoms with van der Waals surface area (Å²) in [7, 11) is 0. The van der Waals surface area contributed by atoms with Crippen molar-refractivity contribution >= 4 is 41.0 Å². The van der Waals surface area contributed by atoms with Crippen molar-refractivity contribution in [3.8, 4) is 0 Å². The number of carbonyl (C=O) groups is 2. The lowest BCUT2D eigenvalue weighted by atomic mass is 10.1. The van der Waals surface area contributed by atoms with Crippen LogP contribution in [0, 0.1) is 20.8 Å². The van der Waals surface area contributed by atoms with Gasteiger partial charge in [0.1, 0.15) is 0 Å². The van der Waals surface area contributed by atoms with Crippen molar-refractivity contribution in [1.82, 2.24) is 4.90 Å². The molecule has 0 spiro atoms. The molecule has 28 heavy (non-hydrogen) atoms. The van der Waals surface area contributed by atoms with Crippen LogP contribution in [0.5, 0.6) is 0 Å². The number of nitrogens with zero attached hydrogens (tertiary/aromatic N) is 1. The number of nitrogens with one attached hydrogen (secondary N) is 1. The number of thioether (sulfide) groups is 2. The lowest BCUT2D eigenvalue weighted by Crippen LogP contribution is -2.37. The molecule has 4 nitrogen and oxygen atoms in total. The molecular formula is C22H26N2O2S2. The summed E-state index contributed by atoms with van der Waals surface area (Å²) in [4.78, 5) is 28.1. The minimum atomic E-state index is -0.0406. The molecule has 0 aliphatic carbocycles. The zero-order chi connectivity index (χ0) is 20.1. The van der Waals surface area contributed by atoms with Crippen molar-refractivity contribution in [2.24, 2.45) is 0 Å². The number of anilines is 1. The summed E-state index contributed by atoms with van der Waals surface area (Å²) >= 11 is 3.43. The lowest BCUT2D eigenvalue weighted by Gasteiger charge is -2.26. The van der Waals surface area contributed by atoms with Gasteiger partial charge < -0.3 is 10.2 Å². The van der Waals surface area contributed by atoms with E-state index in [0.29, 0.717) is 11.3 Å². The highest BCUT2D eigenvalue weighted by atomic mass is 32.2. The third-order valence-electron chi connectivity index (χ3n) is 4.75. The van der Waals surface area contributed by atoms with Crippen LogP contribution < -0.4 is 5.32 Å². The average molecular weight is 415 g/mol. The molecule has 6 heteroatoms. The van der Waals surface area contributed by atoms with Gasteiger partial charge in [-0.15, -0.1) is 11.8 Å². The highest BCUT2D eigenvalue weighted by Crippen LogP contribution is 2.24. The Labute approximate surface area is 175 Å². The quantitative estimate of drug-likeness (QED) is 0.730. The van der Waals surface area contributed by atoms with E-state index < -0.39 is 0 Å². The maximum Gasteiger partial charge on any atom is 0.253 e. The van der Waals surface area contributed by atoms with Gasteiger partial charge in [0.15, 0.2) is 0 Å². The number of aryl methyl sites for hydroxylation is 3. The molecule has 0 unspecified atom stereocenters. The first-order chi connectivity index (χ1) is 13.4. The molecule has 0 radical (unpaired) electrons. The number of rotatable bonds is 5. The lowest BCUT2D eigenvalue weighted by molar-refractivity contribution is -0.113. The van der Waals surface area contributed by atoms with Gasteiger partial charge >= 0.3 is 0 Å². The summed E-state index contributed by atoms with van der Waals surface area (Å²) in [5.74, 6) is 2.39. The summed E-state index contributed by atoms with van der Waals surface area (Å²) in [5.41, 5.74) is 4.72. The Kier molecular flexibility index (Phi) is 7.08. The van der Waals surface area contributed by atoms with Crippen LogP contribution in [0.2, 0.25) is 0 Å². The predicted molar refractivity (Wildman–Crippen MR) is 120 cm³/mol. The van der Waals surface area contributed by atoms with Gasteiger partial charge in [0, 0.05) is 40.7 Å². The summed E-state index contributed by atoms with van der Waals surface area (Å²) in [6.45, 7) is 7.64. The van der Waals surface area contributed by atoms with Gasteiger partial charge in [-0.1, -0.05) is 17.7 Å². The van der Waals surface area contributed by atoms with Crippen molar-refractivity contribution in [2.75, 3.05) is 35.7 Å². The van der Waals surface area contributed by atoms with Gasteiger partial charge in [-0.3, -0.25) is 9.59 Å². The standard InChI is InChI=1S/C22H26N2O2S2/c1-15-4-5-16(2)20(12-15)28-14-21(25)23-19-7-6-18(13-17(19)3)22(26)24-8-10-27-11-9-24/h4-7,12-13H,8-11,14H2,1-3H3,(H,23,25). The Morgan fingerprint density at radius 1 is 1.04 bits per heavy atom. The third-order valence-corrected chi connectivity index (χ3v) is 6.85. The van der Waals surface area contributed by atoms with Crippen molar-refractivity contribution in [3.05, 3.63) is 58.7 Å². The van der Waals surface area contributed by atoms with Gasteiger partial charge in [0.2, 0.25) is 5.91 Å². The van der Waals surface area contributed by atoms with E-state index in [-0.39, 0.29) is 11.8 Å². The average Bonchev–Trinajstić information content (AvgIpc) is 2.70. The molecule has 0 aromatic heterocycles. The maximum absolute atomic E-state index is 12.6. The van der Waals surface area contributed by atoms with Crippen LogP contribution >= 0.6 is 23.5 Å². The van der Waals surface area contributed by atoms with E-state index in [0.717, 1.165) is 40.7 Å². The summed E-state index contributed by atoms with van der Waals surface area (Å²) in [6, 6.07) is 11.8. The van der Waals surface area contributed by atoms with Crippen molar-refractivity contribution < 1.29 is 9.59 Å². The second-order valence-corrected chi connectivity index (χ2v) is 9.28. The van der Waals surface area contributed by atoms with E-state index in [1.807, 2.05) is 41.8 Å². The number of hydrogen-bond donors (Lipinski definition) is 1. The van der Waals surface area contributed by atoms with E-state index in [4.69, 9.17) is 0 Å². The molecule has 0 atom stereocenters. The Bertz CT molecular complexity index is 877. The van der Waals surface area contributed by atoms with Crippen LogP contribution in [-0.2, 0) is 4.79 Å². The Morgan fingerprint density at radius 2 is 1.79 bits per heavy atom. The molecule has 0 bridgehead atoms. The monoisotopic (exact) mass is 414 g/mol. The Balaban J connectivity index is 1.60. The number of amides is 2. The van der Waals surface area contributed by atoms with Crippen LogP contribution in [0.3, 0.4) is 0 Å².